The predicted molar refractivity (Wildman–Crippen MR) is 125 cm³/mol. The first kappa shape index (κ1) is 21.9. The highest BCUT2D eigenvalue weighted by Gasteiger charge is 2.32. The number of fused-ring (bicyclic) bond motifs is 1. The summed E-state index contributed by atoms with van der Waals surface area (Å²) < 4.78 is 28.7. The average Bonchev–Trinajstić information content (AvgIpc) is 3.37. The lowest BCUT2D eigenvalue weighted by Gasteiger charge is -2.26. The van der Waals surface area contributed by atoms with Gasteiger partial charge in [-0.3, -0.25) is 9.48 Å². The Morgan fingerprint density at radius 2 is 1.85 bits per heavy atom. The van der Waals surface area contributed by atoms with E-state index in [1.165, 1.54) is 24.4 Å². The van der Waals surface area contributed by atoms with Gasteiger partial charge < -0.3 is 10.6 Å². The molecular formula is C26H23F2N5O. The Balaban J connectivity index is 1.45. The number of aromatic nitrogens is 3. The molecular weight excluding hydrogens is 436 g/mol. The first-order valence-corrected chi connectivity index (χ1v) is 11.0. The number of nitrogens with two attached hydrogens (primary N) is 1. The van der Waals surface area contributed by atoms with Crippen molar-refractivity contribution in [3.8, 4) is 22.4 Å². The molecule has 0 aliphatic carbocycles. The first-order valence-electron chi connectivity index (χ1n) is 11.0. The summed E-state index contributed by atoms with van der Waals surface area (Å²) in [5.41, 5.74) is 11.7. The van der Waals surface area contributed by atoms with Crippen molar-refractivity contribution in [2.24, 2.45) is 12.8 Å². The highest BCUT2D eigenvalue weighted by molar-refractivity contribution is 5.99. The fourth-order valence-corrected chi connectivity index (χ4v) is 4.57. The van der Waals surface area contributed by atoms with Crippen molar-refractivity contribution in [1.29, 1.82) is 0 Å². The van der Waals surface area contributed by atoms with E-state index in [1.54, 1.807) is 27.9 Å². The van der Waals surface area contributed by atoms with Gasteiger partial charge in [0.25, 0.3) is 5.91 Å². The Labute approximate surface area is 195 Å². The maximum atomic E-state index is 13.6. The number of pyridine rings is 1. The molecule has 2 N–H and O–H groups in total. The summed E-state index contributed by atoms with van der Waals surface area (Å²) in [5, 5.41) is 4.38. The van der Waals surface area contributed by atoms with Crippen LogP contribution in [0.2, 0.25) is 0 Å². The summed E-state index contributed by atoms with van der Waals surface area (Å²) in [4.78, 5) is 18.7. The van der Waals surface area contributed by atoms with Crippen LogP contribution in [-0.4, -0.2) is 38.2 Å². The molecule has 4 aromatic rings. The van der Waals surface area contributed by atoms with E-state index in [2.05, 4.69) is 10.1 Å². The van der Waals surface area contributed by atoms with Crippen molar-refractivity contribution in [3.63, 3.8) is 0 Å². The molecule has 0 unspecified atom stereocenters. The van der Waals surface area contributed by atoms with E-state index in [0.717, 1.165) is 33.5 Å². The zero-order valence-electron chi connectivity index (χ0n) is 18.6. The number of carbonyl (C=O) groups is 1. The van der Waals surface area contributed by atoms with E-state index in [9.17, 15) is 13.6 Å². The van der Waals surface area contributed by atoms with Gasteiger partial charge in [0, 0.05) is 54.6 Å². The van der Waals surface area contributed by atoms with Gasteiger partial charge in [0.05, 0.1) is 11.9 Å². The van der Waals surface area contributed by atoms with Gasteiger partial charge in [-0.25, -0.2) is 9.37 Å². The van der Waals surface area contributed by atoms with Crippen molar-refractivity contribution < 1.29 is 13.6 Å². The van der Waals surface area contributed by atoms with E-state index in [1.807, 2.05) is 31.3 Å². The number of hydrogen-bond acceptors (Lipinski definition) is 4. The number of carbonyl (C=O) groups excluding carboxylic acids is 1. The lowest BCUT2D eigenvalue weighted by Crippen LogP contribution is -2.42. The summed E-state index contributed by atoms with van der Waals surface area (Å²) in [6.07, 6.45) is 3.68. The van der Waals surface area contributed by atoms with Crippen LogP contribution in [0.5, 0.6) is 0 Å². The number of halogens is 2. The zero-order valence-corrected chi connectivity index (χ0v) is 18.6. The third kappa shape index (κ3) is 3.97. The van der Waals surface area contributed by atoms with E-state index in [-0.39, 0.29) is 24.3 Å². The van der Waals surface area contributed by atoms with E-state index in [4.69, 9.17) is 5.73 Å². The minimum atomic E-state index is -0.543. The molecule has 2 aromatic heterocycles. The number of aryl methyl sites for hydroxylation is 1. The zero-order chi connectivity index (χ0) is 23.8. The molecule has 6 nitrogen and oxygen atoms in total. The molecule has 3 heterocycles. The molecule has 1 atom stereocenters. The number of hydrogen-bond donors (Lipinski definition) is 1. The normalized spacial score (nSPS) is 13.9. The number of nitrogens with zero attached hydrogens (tertiary/aromatic N) is 4. The average molecular weight is 460 g/mol. The van der Waals surface area contributed by atoms with E-state index in [0.29, 0.717) is 18.5 Å². The van der Waals surface area contributed by atoms with Crippen LogP contribution >= 0.6 is 0 Å². The Bertz CT molecular complexity index is 1370. The van der Waals surface area contributed by atoms with Gasteiger partial charge in [-0.05, 0) is 53.9 Å². The lowest BCUT2D eigenvalue weighted by molar-refractivity contribution is 0.0708. The number of rotatable bonds is 6. The van der Waals surface area contributed by atoms with Gasteiger partial charge >= 0.3 is 0 Å². The van der Waals surface area contributed by atoms with Gasteiger partial charge in [-0.15, -0.1) is 0 Å². The quantitative estimate of drug-likeness (QED) is 0.443. The second kappa shape index (κ2) is 8.79. The molecule has 2 aromatic carbocycles. The first-order chi connectivity index (χ1) is 16.4. The Morgan fingerprint density at radius 3 is 2.59 bits per heavy atom. The molecule has 1 amide bonds. The van der Waals surface area contributed by atoms with Crippen LogP contribution in [0.25, 0.3) is 22.4 Å². The largest absolute Gasteiger partial charge is 0.330 e. The molecule has 0 saturated carbocycles. The van der Waals surface area contributed by atoms with Crippen LogP contribution in [0.4, 0.5) is 8.78 Å². The summed E-state index contributed by atoms with van der Waals surface area (Å²) in [5.74, 6) is -0.934. The molecule has 34 heavy (non-hydrogen) atoms. The standard InChI is InChI=1S/C26H23F2N5O/c1-32-25(23(14-31-32)18-6-8-24(28)30-13-18)17-5-7-22-19(11-17)15-33(26(22)34)21(12-29)10-16-3-2-4-20(27)9-16/h2-9,11,13-14,21H,10,12,15,29H2,1H3/t21-/m0/s1. The van der Waals surface area contributed by atoms with Gasteiger partial charge in [0.15, 0.2) is 0 Å². The van der Waals surface area contributed by atoms with E-state index >= 15 is 0 Å². The fraction of sp³-hybridized carbons (Fsp3) is 0.192. The van der Waals surface area contributed by atoms with Gasteiger partial charge in [0.2, 0.25) is 5.95 Å². The minimum Gasteiger partial charge on any atom is -0.330 e. The second-order valence-corrected chi connectivity index (χ2v) is 8.43. The smallest absolute Gasteiger partial charge is 0.254 e. The molecule has 1 aliphatic heterocycles. The van der Waals surface area contributed by atoms with Crippen LogP contribution in [0.15, 0.2) is 67.0 Å². The van der Waals surface area contributed by atoms with Crippen molar-refractivity contribution in [2.45, 2.75) is 19.0 Å². The fourth-order valence-electron chi connectivity index (χ4n) is 4.57. The van der Waals surface area contributed by atoms with Crippen molar-refractivity contribution in [1.82, 2.24) is 19.7 Å². The topological polar surface area (TPSA) is 77.0 Å². The third-order valence-electron chi connectivity index (χ3n) is 6.26. The number of amides is 1. The molecule has 8 heteroatoms. The van der Waals surface area contributed by atoms with Crippen LogP contribution < -0.4 is 5.73 Å². The summed E-state index contributed by atoms with van der Waals surface area (Å²) >= 11 is 0. The summed E-state index contributed by atoms with van der Waals surface area (Å²) in [6, 6.07) is 14.8. The van der Waals surface area contributed by atoms with Crippen molar-refractivity contribution in [2.75, 3.05) is 6.54 Å². The van der Waals surface area contributed by atoms with Crippen LogP contribution in [-0.2, 0) is 20.0 Å². The molecule has 0 saturated heterocycles. The van der Waals surface area contributed by atoms with Crippen molar-refractivity contribution in [3.05, 3.63) is 95.4 Å². The second-order valence-electron chi connectivity index (χ2n) is 8.43. The van der Waals surface area contributed by atoms with E-state index < -0.39 is 5.95 Å². The molecule has 5 rings (SSSR count). The molecule has 0 fully saturated rings. The SMILES string of the molecule is Cn1ncc(-c2ccc(F)nc2)c1-c1ccc2c(c1)CN([C@H](CN)Cc1cccc(F)c1)C2=O. The molecule has 0 bridgehead atoms. The summed E-state index contributed by atoms with van der Waals surface area (Å²) in [6.45, 7) is 0.691. The Kier molecular flexibility index (Phi) is 5.67. The molecule has 0 spiro atoms. The highest BCUT2D eigenvalue weighted by atomic mass is 19.1. The highest BCUT2D eigenvalue weighted by Crippen LogP contribution is 2.35. The maximum Gasteiger partial charge on any atom is 0.254 e. The van der Waals surface area contributed by atoms with Crippen molar-refractivity contribution >= 4 is 5.91 Å². The van der Waals surface area contributed by atoms with Crippen LogP contribution in [0.3, 0.4) is 0 Å². The number of benzene rings is 2. The summed E-state index contributed by atoms with van der Waals surface area (Å²) in [7, 11) is 1.84. The Morgan fingerprint density at radius 1 is 1.03 bits per heavy atom. The van der Waals surface area contributed by atoms with Gasteiger partial charge in [-0.2, -0.15) is 9.49 Å². The molecule has 1 aliphatic rings. The van der Waals surface area contributed by atoms with Crippen LogP contribution in [0, 0.1) is 11.8 Å². The van der Waals surface area contributed by atoms with Crippen LogP contribution in [0.1, 0.15) is 21.5 Å². The monoisotopic (exact) mass is 459 g/mol. The minimum absolute atomic E-state index is 0.0821. The Hall–Kier alpha value is -3.91. The molecule has 172 valence electrons. The van der Waals surface area contributed by atoms with Gasteiger partial charge in [-0.1, -0.05) is 18.2 Å². The third-order valence-corrected chi connectivity index (χ3v) is 6.26. The maximum absolute atomic E-state index is 13.6. The predicted octanol–water partition coefficient (Wildman–Crippen LogP) is 3.95. The lowest BCUT2D eigenvalue weighted by atomic mass is 9.99. The van der Waals surface area contributed by atoms with Gasteiger partial charge in [0.1, 0.15) is 5.82 Å². The molecule has 0 radical (unpaired) electrons.